The maximum Gasteiger partial charge on any atom is 0.266 e. The summed E-state index contributed by atoms with van der Waals surface area (Å²) in [7, 11) is 0. The second-order valence-electron chi connectivity index (χ2n) is 5.49. The third-order valence-corrected chi connectivity index (χ3v) is 4.05. The number of benzene rings is 1. The van der Waals surface area contributed by atoms with Gasteiger partial charge in [0.15, 0.2) is 0 Å². The highest BCUT2D eigenvalue weighted by Gasteiger charge is 2.24. The van der Waals surface area contributed by atoms with Crippen molar-refractivity contribution in [2.75, 3.05) is 0 Å². The smallest absolute Gasteiger partial charge is 0.266 e. The topological polar surface area (TPSA) is 56.6 Å². The Morgan fingerprint density at radius 2 is 2.00 bits per heavy atom. The predicted molar refractivity (Wildman–Crippen MR) is 78.4 cm³/mol. The molecular weight excluding hydrogens is 248 g/mol. The normalized spacial score (nSPS) is 17.3. The van der Waals surface area contributed by atoms with Crippen LogP contribution in [0.4, 0.5) is 0 Å². The van der Waals surface area contributed by atoms with E-state index in [1.807, 2.05) is 30.3 Å². The summed E-state index contributed by atoms with van der Waals surface area (Å²) in [5.74, 6) is 0.528. The lowest BCUT2D eigenvalue weighted by molar-refractivity contribution is 0.499. The van der Waals surface area contributed by atoms with Gasteiger partial charge in [-0.05, 0) is 41.9 Å². The number of H-pyrrole nitrogens is 1. The van der Waals surface area contributed by atoms with Gasteiger partial charge < -0.3 is 4.98 Å². The highest BCUT2D eigenvalue weighted by Crippen LogP contribution is 2.32. The minimum atomic E-state index is -0.265. The van der Waals surface area contributed by atoms with Gasteiger partial charge in [-0.15, -0.1) is 0 Å². The largest absolute Gasteiger partial charge is 0.321 e. The van der Waals surface area contributed by atoms with E-state index in [0.717, 1.165) is 41.6 Å². The number of rotatable bonds is 1. The van der Waals surface area contributed by atoms with Crippen molar-refractivity contribution >= 4 is 0 Å². The van der Waals surface area contributed by atoms with Crippen LogP contribution >= 0.6 is 0 Å². The van der Waals surface area contributed by atoms with E-state index in [-0.39, 0.29) is 5.56 Å². The van der Waals surface area contributed by atoms with Crippen LogP contribution in [-0.4, -0.2) is 4.98 Å². The van der Waals surface area contributed by atoms with Crippen molar-refractivity contribution in [2.45, 2.75) is 26.2 Å². The summed E-state index contributed by atoms with van der Waals surface area (Å²) < 4.78 is 0. The van der Waals surface area contributed by atoms with E-state index in [2.05, 4.69) is 18.0 Å². The van der Waals surface area contributed by atoms with Gasteiger partial charge in [-0.3, -0.25) is 4.79 Å². The summed E-state index contributed by atoms with van der Waals surface area (Å²) in [6.45, 7) is 2.17. The van der Waals surface area contributed by atoms with Crippen molar-refractivity contribution in [1.29, 1.82) is 5.26 Å². The number of nitriles is 1. The molecule has 3 heteroatoms. The van der Waals surface area contributed by atoms with Crippen LogP contribution in [0.1, 0.15) is 30.0 Å². The summed E-state index contributed by atoms with van der Waals surface area (Å²) in [6.07, 6.45) is 2.85. The van der Waals surface area contributed by atoms with Crippen LogP contribution in [0.3, 0.4) is 0 Å². The van der Waals surface area contributed by atoms with Gasteiger partial charge in [-0.2, -0.15) is 5.26 Å². The maximum absolute atomic E-state index is 12.1. The number of fused-ring (bicyclic) bond motifs is 1. The van der Waals surface area contributed by atoms with Crippen molar-refractivity contribution in [3.8, 4) is 17.3 Å². The van der Waals surface area contributed by atoms with Gasteiger partial charge in [0.05, 0.1) is 5.69 Å². The zero-order valence-corrected chi connectivity index (χ0v) is 11.4. The molecule has 20 heavy (non-hydrogen) atoms. The molecule has 1 heterocycles. The average Bonchev–Trinajstić information content (AvgIpc) is 2.47. The predicted octanol–water partition coefficient (Wildman–Crippen LogP) is 3.04. The van der Waals surface area contributed by atoms with Gasteiger partial charge in [0.25, 0.3) is 5.56 Å². The van der Waals surface area contributed by atoms with Crippen molar-refractivity contribution in [3.63, 3.8) is 0 Å². The van der Waals surface area contributed by atoms with E-state index in [4.69, 9.17) is 0 Å². The molecule has 0 bridgehead atoms. The SMILES string of the molecule is C[C@@H]1CCc2c(-c3ccccc3)[nH]c(=O)c(C#N)c2C1. The van der Waals surface area contributed by atoms with E-state index >= 15 is 0 Å². The number of aromatic amines is 1. The molecule has 0 radical (unpaired) electrons. The fraction of sp³-hybridized carbons (Fsp3) is 0.294. The zero-order valence-electron chi connectivity index (χ0n) is 11.4. The van der Waals surface area contributed by atoms with Gasteiger partial charge in [0, 0.05) is 0 Å². The van der Waals surface area contributed by atoms with Gasteiger partial charge in [0.2, 0.25) is 0 Å². The molecule has 3 rings (SSSR count). The standard InChI is InChI=1S/C17H16N2O/c1-11-7-8-13-14(9-11)15(10-18)17(20)19-16(13)12-5-3-2-4-6-12/h2-6,11H,7-9H2,1H3,(H,19,20)/t11-/m1/s1. The molecule has 0 fully saturated rings. The molecule has 2 aromatic rings. The molecule has 1 atom stereocenters. The molecule has 1 aliphatic carbocycles. The molecule has 0 saturated heterocycles. The average molecular weight is 264 g/mol. The molecular formula is C17H16N2O. The zero-order chi connectivity index (χ0) is 14.1. The minimum absolute atomic E-state index is 0.265. The van der Waals surface area contributed by atoms with Crippen LogP contribution in [0.15, 0.2) is 35.1 Å². The Kier molecular flexibility index (Phi) is 3.15. The highest BCUT2D eigenvalue weighted by molar-refractivity contribution is 5.66. The Morgan fingerprint density at radius 1 is 1.25 bits per heavy atom. The van der Waals surface area contributed by atoms with Gasteiger partial charge in [0.1, 0.15) is 11.6 Å². The van der Waals surface area contributed by atoms with Gasteiger partial charge >= 0.3 is 0 Å². The van der Waals surface area contributed by atoms with Crippen molar-refractivity contribution < 1.29 is 0 Å². The van der Waals surface area contributed by atoms with Crippen molar-refractivity contribution in [1.82, 2.24) is 4.98 Å². The van der Waals surface area contributed by atoms with E-state index in [9.17, 15) is 10.1 Å². The first-order valence-corrected chi connectivity index (χ1v) is 6.94. The fourth-order valence-electron chi connectivity index (χ4n) is 3.00. The molecule has 1 aromatic carbocycles. The lowest BCUT2D eigenvalue weighted by Crippen LogP contribution is -2.22. The maximum atomic E-state index is 12.1. The third-order valence-electron chi connectivity index (χ3n) is 4.05. The Bertz CT molecular complexity index is 738. The van der Waals surface area contributed by atoms with Crippen LogP contribution < -0.4 is 5.56 Å². The number of nitrogens with zero attached hydrogens (tertiary/aromatic N) is 1. The van der Waals surface area contributed by atoms with Crippen molar-refractivity contribution in [3.05, 3.63) is 57.4 Å². The summed E-state index contributed by atoms with van der Waals surface area (Å²) in [5.41, 5.74) is 4.03. The number of hydrogen-bond acceptors (Lipinski definition) is 2. The summed E-state index contributed by atoms with van der Waals surface area (Å²) in [6, 6.07) is 12.0. The molecule has 0 amide bonds. The number of hydrogen-bond donors (Lipinski definition) is 1. The first-order valence-electron chi connectivity index (χ1n) is 6.94. The third kappa shape index (κ3) is 2.04. The van der Waals surface area contributed by atoms with E-state index < -0.39 is 0 Å². The van der Waals surface area contributed by atoms with E-state index in [1.54, 1.807) is 0 Å². The summed E-state index contributed by atoms with van der Waals surface area (Å²) >= 11 is 0. The van der Waals surface area contributed by atoms with Crippen molar-refractivity contribution in [2.24, 2.45) is 5.92 Å². The lowest BCUT2D eigenvalue weighted by Gasteiger charge is -2.24. The Balaban J connectivity index is 2.28. The van der Waals surface area contributed by atoms with Gasteiger partial charge in [-0.25, -0.2) is 0 Å². The number of aromatic nitrogens is 1. The molecule has 0 unspecified atom stereocenters. The van der Waals surface area contributed by atoms with Crippen LogP contribution in [-0.2, 0) is 12.8 Å². The Labute approximate surface area is 117 Å². The van der Waals surface area contributed by atoms with Crippen LogP contribution in [0.2, 0.25) is 0 Å². The van der Waals surface area contributed by atoms with Crippen LogP contribution in [0, 0.1) is 17.2 Å². The quantitative estimate of drug-likeness (QED) is 0.860. The number of nitrogens with one attached hydrogen (secondary N) is 1. The van der Waals surface area contributed by atoms with Crippen LogP contribution in [0.5, 0.6) is 0 Å². The Morgan fingerprint density at radius 3 is 2.70 bits per heavy atom. The van der Waals surface area contributed by atoms with E-state index in [1.165, 1.54) is 0 Å². The first-order chi connectivity index (χ1) is 9.70. The minimum Gasteiger partial charge on any atom is -0.321 e. The molecule has 1 aliphatic rings. The Hall–Kier alpha value is -2.34. The fourth-order valence-corrected chi connectivity index (χ4v) is 3.00. The lowest BCUT2D eigenvalue weighted by atomic mass is 9.81. The molecule has 1 N–H and O–H groups in total. The monoisotopic (exact) mass is 264 g/mol. The molecule has 0 spiro atoms. The second kappa shape index (κ2) is 4.97. The molecule has 0 aliphatic heterocycles. The molecule has 3 nitrogen and oxygen atoms in total. The van der Waals surface area contributed by atoms with Gasteiger partial charge in [-0.1, -0.05) is 37.3 Å². The highest BCUT2D eigenvalue weighted by atomic mass is 16.1. The summed E-state index contributed by atoms with van der Waals surface area (Å²) in [5, 5.41) is 9.25. The number of pyridine rings is 1. The first kappa shape index (κ1) is 12.7. The molecule has 0 saturated carbocycles. The molecule has 1 aromatic heterocycles. The van der Waals surface area contributed by atoms with Crippen LogP contribution in [0.25, 0.3) is 11.3 Å². The molecule has 100 valence electrons. The second-order valence-corrected chi connectivity index (χ2v) is 5.49. The van der Waals surface area contributed by atoms with E-state index in [0.29, 0.717) is 11.5 Å². The summed E-state index contributed by atoms with van der Waals surface area (Å²) in [4.78, 5) is 15.1.